The molecule has 2 amide bonds. The molecule has 1 unspecified atom stereocenters. The predicted octanol–water partition coefficient (Wildman–Crippen LogP) is 3.44. The smallest absolute Gasteiger partial charge is 0.408 e. The molecule has 1 aliphatic heterocycles. The lowest BCUT2D eigenvalue weighted by atomic mass is 9.85. The van der Waals surface area contributed by atoms with Crippen LogP contribution in [-0.2, 0) is 19.1 Å². The van der Waals surface area contributed by atoms with E-state index in [0.717, 1.165) is 35.1 Å². The van der Waals surface area contributed by atoms with Crippen LogP contribution < -0.4 is 10.6 Å². The van der Waals surface area contributed by atoms with Gasteiger partial charge in [-0.3, -0.25) is 9.59 Å². The Balaban J connectivity index is 1.24. The van der Waals surface area contributed by atoms with Gasteiger partial charge in [0.2, 0.25) is 5.91 Å². The molecule has 2 aliphatic carbocycles. The Morgan fingerprint density at radius 1 is 1.03 bits per heavy atom. The molecule has 3 atom stereocenters. The summed E-state index contributed by atoms with van der Waals surface area (Å²) in [7, 11) is 0. The van der Waals surface area contributed by atoms with E-state index in [4.69, 9.17) is 9.47 Å². The maximum atomic E-state index is 13.2. The quantitative estimate of drug-likeness (QED) is 0.586. The Labute approximate surface area is 204 Å². The molecule has 2 aromatic rings. The highest BCUT2D eigenvalue weighted by atomic mass is 16.6. The first kappa shape index (κ1) is 23.4. The number of nitrogens with one attached hydrogen (secondary N) is 2. The zero-order valence-corrected chi connectivity index (χ0v) is 19.5. The summed E-state index contributed by atoms with van der Waals surface area (Å²) in [6.45, 7) is 0.554. The topological polar surface area (TPSA) is 114 Å². The van der Waals surface area contributed by atoms with Gasteiger partial charge in [-0.1, -0.05) is 55.0 Å². The maximum absolute atomic E-state index is 13.2. The van der Waals surface area contributed by atoms with Crippen LogP contribution in [0.25, 0.3) is 11.1 Å². The van der Waals surface area contributed by atoms with Gasteiger partial charge >= 0.3 is 12.1 Å². The van der Waals surface area contributed by atoms with E-state index in [1.165, 1.54) is 0 Å². The number of carboxylic acids is 1. The van der Waals surface area contributed by atoms with E-state index in [-0.39, 0.29) is 31.1 Å². The van der Waals surface area contributed by atoms with Crippen LogP contribution in [0.5, 0.6) is 0 Å². The van der Waals surface area contributed by atoms with E-state index in [1.54, 1.807) is 0 Å². The predicted molar refractivity (Wildman–Crippen MR) is 128 cm³/mol. The number of amides is 2. The Kier molecular flexibility index (Phi) is 6.47. The van der Waals surface area contributed by atoms with Gasteiger partial charge in [-0.25, -0.2) is 4.79 Å². The molecule has 35 heavy (non-hydrogen) atoms. The number of carbonyl (C=O) groups is 3. The number of rotatable bonds is 6. The minimum atomic E-state index is -1.22. The van der Waals surface area contributed by atoms with Gasteiger partial charge in [-0.2, -0.15) is 0 Å². The second-order valence-electron chi connectivity index (χ2n) is 9.71. The van der Waals surface area contributed by atoms with Gasteiger partial charge in [-0.15, -0.1) is 0 Å². The zero-order valence-electron chi connectivity index (χ0n) is 19.5. The van der Waals surface area contributed by atoms with Gasteiger partial charge in [-0.05, 0) is 41.5 Å². The summed E-state index contributed by atoms with van der Waals surface area (Å²) in [5, 5.41) is 15.1. The Bertz CT molecular complexity index is 1080. The number of benzene rings is 2. The van der Waals surface area contributed by atoms with Crippen molar-refractivity contribution >= 4 is 18.0 Å². The minimum absolute atomic E-state index is 0.0537. The lowest BCUT2D eigenvalue weighted by Gasteiger charge is -2.32. The van der Waals surface area contributed by atoms with Crippen molar-refractivity contribution in [1.82, 2.24) is 10.6 Å². The highest BCUT2D eigenvalue weighted by molar-refractivity contribution is 5.91. The number of carboxylic acid groups (broad SMARTS) is 1. The molecule has 0 bridgehead atoms. The monoisotopic (exact) mass is 478 g/mol. The lowest BCUT2D eigenvalue weighted by Crippen LogP contribution is -2.61. The van der Waals surface area contributed by atoms with Gasteiger partial charge in [0, 0.05) is 25.0 Å². The lowest BCUT2D eigenvalue weighted by molar-refractivity contribution is -0.143. The first-order valence-corrected chi connectivity index (χ1v) is 12.2. The number of aliphatic carboxylic acids is 1. The second kappa shape index (κ2) is 9.70. The van der Waals surface area contributed by atoms with Crippen LogP contribution >= 0.6 is 0 Å². The fourth-order valence-corrected chi connectivity index (χ4v) is 5.60. The molecular formula is C27H30N2O6. The first-order valence-electron chi connectivity index (χ1n) is 12.2. The molecule has 1 heterocycles. The third kappa shape index (κ3) is 4.62. The standard InChI is InChI=1S/C27H30N2O6/c30-24(31)17-6-5-7-18(14-17)28-25(32)27(12-13-34-16-27)29-26(33)35-15-23-21-10-3-1-8-19(21)20-9-2-4-11-22(20)23/h1-4,8-11,17-18,23H,5-7,12-16H2,(H,28,32)(H,29,33)(H,30,31)/t17-,18+,27?/m1/s1. The SMILES string of the molecule is O=C(NC1(C(=O)N[C@H]2CCC[C@@H](C(=O)O)C2)CCOC1)OCC1c2ccccc2-c2ccccc21. The molecule has 1 saturated carbocycles. The summed E-state index contributed by atoms with van der Waals surface area (Å²) in [6.07, 6.45) is 2.14. The van der Waals surface area contributed by atoms with Crippen LogP contribution in [0.4, 0.5) is 4.79 Å². The van der Waals surface area contributed by atoms with Crippen molar-refractivity contribution in [2.75, 3.05) is 19.8 Å². The number of carbonyl (C=O) groups excluding carboxylic acids is 2. The molecular weight excluding hydrogens is 448 g/mol. The number of hydrogen-bond acceptors (Lipinski definition) is 5. The van der Waals surface area contributed by atoms with Crippen LogP contribution in [-0.4, -0.2) is 54.5 Å². The minimum Gasteiger partial charge on any atom is -0.481 e. The molecule has 184 valence electrons. The molecule has 0 aromatic heterocycles. The van der Waals surface area contributed by atoms with E-state index < -0.39 is 23.5 Å². The molecule has 0 radical (unpaired) electrons. The normalized spacial score (nSPS) is 25.4. The summed E-state index contributed by atoms with van der Waals surface area (Å²) in [5.41, 5.74) is 3.29. The van der Waals surface area contributed by atoms with Gasteiger partial charge in [0.15, 0.2) is 0 Å². The average Bonchev–Trinajstić information content (AvgIpc) is 3.46. The Morgan fingerprint density at radius 3 is 2.34 bits per heavy atom. The van der Waals surface area contributed by atoms with Crippen molar-refractivity contribution in [3.05, 3.63) is 59.7 Å². The molecule has 2 fully saturated rings. The van der Waals surface area contributed by atoms with Crippen molar-refractivity contribution in [1.29, 1.82) is 0 Å². The number of hydrogen-bond donors (Lipinski definition) is 3. The van der Waals surface area contributed by atoms with Gasteiger partial charge < -0.3 is 25.2 Å². The highest BCUT2D eigenvalue weighted by Gasteiger charge is 2.45. The summed E-state index contributed by atoms with van der Waals surface area (Å²) in [5.74, 6) is -1.72. The largest absolute Gasteiger partial charge is 0.481 e. The van der Waals surface area contributed by atoms with Crippen molar-refractivity contribution in [2.45, 2.75) is 49.6 Å². The fraction of sp³-hybridized carbons (Fsp3) is 0.444. The molecule has 0 spiro atoms. The van der Waals surface area contributed by atoms with E-state index in [1.807, 2.05) is 24.3 Å². The maximum Gasteiger partial charge on any atom is 0.408 e. The molecule has 1 saturated heterocycles. The van der Waals surface area contributed by atoms with E-state index >= 15 is 0 Å². The Morgan fingerprint density at radius 2 is 1.71 bits per heavy atom. The molecule has 2 aromatic carbocycles. The summed E-state index contributed by atoms with van der Waals surface area (Å²) in [6, 6.07) is 16.0. The zero-order chi connectivity index (χ0) is 24.4. The third-order valence-corrected chi connectivity index (χ3v) is 7.50. The highest BCUT2D eigenvalue weighted by Crippen LogP contribution is 2.44. The number of fused-ring (bicyclic) bond motifs is 3. The molecule has 3 N–H and O–H groups in total. The Hall–Kier alpha value is -3.39. The van der Waals surface area contributed by atoms with Gasteiger partial charge in [0.1, 0.15) is 12.1 Å². The molecule has 8 heteroatoms. The van der Waals surface area contributed by atoms with Crippen LogP contribution in [0.15, 0.2) is 48.5 Å². The van der Waals surface area contributed by atoms with Crippen molar-refractivity contribution in [3.63, 3.8) is 0 Å². The van der Waals surface area contributed by atoms with Crippen LogP contribution in [0.1, 0.15) is 49.1 Å². The number of alkyl carbamates (subject to hydrolysis) is 1. The second-order valence-corrected chi connectivity index (χ2v) is 9.71. The number of ether oxygens (including phenoxy) is 2. The van der Waals surface area contributed by atoms with Gasteiger partial charge in [0.25, 0.3) is 0 Å². The van der Waals surface area contributed by atoms with Crippen LogP contribution in [0.2, 0.25) is 0 Å². The summed E-state index contributed by atoms with van der Waals surface area (Å²) in [4.78, 5) is 37.5. The third-order valence-electron chi connectivity index (χ3n) is 7.50. The van der Waals surface area contributed by atoms with Crippen molar-refractivity contribution < 1.29 is 29.0 Å². The van der Waals surface area contributed by atoms with Crippen molar-refractivity contribution in [2.24, 2.45) is 5.92 Å². The molecule has 3 aliphatic rings. The molecule has 8 nitrogen and oxygen atoms in total. The van der Waals surface area contributed by atoms with Gasteiger partial charge in [0.05, 0.1) is 12.5 Å². The first-order chi connectivity index (χ1) is 17.0. The average molecular weight is 479 g/mol. The van der Waals surface area contributed by atoms with E-state index in [0.29, 0.717) is 25.9 Å². The van der Waals surface area contributed by atoms with Crippen LogP contribution in [0.3, 0.4) is 0 Å². The summed E-state index contributed by atoms with van der Waals surface area (Å²) < 4.78 is 11.1. The summed E-state index contributed by atoms with van der Waals surface area (Å²) >= 11 is 0. The van der Waals surface area contributed by atoms with E-state index in [2.05, 4.69) is 34.9 Å². The van der Waals surface area contributed by atoms with Crippen molar-refractivity contribution in [3.8, 4) is 11.1 Å². The fourth-order valence-electron chi connectivity index (χ4n) is 5.60. The molecule has 5 rings (SSSR count). The van der Waals surface area contributed by atoms with Crippen LogP contribution in [0, 0.1) is 5.92 Å². The van der Waals surface area contributed by atoms with E-state index in [9.17, 15) is 19.5 Å².